The Kier molecular flexibility index (Phi) is 4.31. The topological polar surface area (TPSA) is 21.3 Å². The molecule has 0 aliphatic carbocycles. The van der Waals surface area contributed by atoms with Crippen molar-refractivity contribution in [2.45, 2.75) is 31.8 Å². The van der Waals surface area contributed by atoms with Crippen molar-refractivity contribution in [3.05, 3.63) is 33.8 Å². The summed E-state index contributed by atoms with van der Waals surface area (Å²) in [6.07, 6.45) is 2.07. The van der Waals surface area contributed by atoms with E-state index in [0.29, 0.717) is 0 Å². The second-order valence-corrected chi connectivity index (χ2v) is 5.61. The van der Waals surface area contributed by atoms with E-state index < -0.39 is 0 Å². The smallest absolute Gasteiger partial charge is 0.0483 e. The maximum atomic E-state index is 6.14. The molecule has 0 saturated carbocycles. The number of hydrogen-bond acceptors (Lipinski definition) is 2. The van der Waals surface area contributed by atoms with Crippen LogP contribution >= 0.6 is 23.2 Å². The molecule has 1 heterocycles. The minimum atomic E-state index is 0.143. The van der Waals surface area contributed by atoms with Crippen molar-refractivity contribution in [2.75, 3.05) is 13.2 Å². The average Bonchev–Trinajstić information content (AvgIpc) is 2.31. The molecule has 0 atom stereocenters. The van der Waals surface area contributed by atoms with Crippen LogP contribution in [0, 0.1) is 0 Å². The molecule has 0 aromatic heterocycles. The van der Waals surface area contributed by atoms with Gasteiger partial charge in [-0.15, -0.1) is 0 Å². The van der Waals surface area contributed by atoms with Gasteiger partial charge in [-0.25, -0.2) is 0 Å². The fraction of sp³-hybridized carbons (Fsp3) is 0.538. The number of nitrogens with one attached hydrogen (secondary N) is 1. The summed E-state index contributed by atoms with van der Waals surface area (Å²) in [5.74, 6) is 0. The Morgan fingerprint density at radius 3 is 2.71 bits per heavy atom. The first-order valence-corrected chi connectivity index (χ1v) is 6.61. The Hall–Kier alpha value is -0.280. The molecule has 0 amide bonds. The Balaban J connectivity index is 1.99. The van der Waals surface area contributed by atoms with Gasteiger partial charge in [0.15, 0.2) is 0 Å². The number of ether oxygens (including phenoxy) is 1. The average molecular weight is 274 g/mol. The summed E-state index contributed by atoms with van der Waals surface area (Å²) in [5, 5.41) is 5.05. The molecule has 17 heavy (non-hydrogen) atoms. The molecular formula is C13H17Cl2NO. The molecule has 1 N–H and O–H groups in total. The lowest BCUT2D eigenvalue weighted by Crippen LogP contribution is -2.46. The molecule has 0 bridgehead atoms. The van der Waals surface area contributed by atoms with Crippen LogP contribution in [-0.2, 0) is 11.3 Å². The summed E-state index contributed by atoms with van der Waals surface area (Å²) < 4.78 is 5.37. The van der Waals surface area contributed by atoms with Gasteiger partial charge >= 0.3 is 0 Å². The SMILES string of the molecule is CC1(NCc2cc(Cl)ccc2Cl)CCOCC1. The highest BCUT2D eigenvalue weighted by Crippen LogP contribution is 2.24. The monoisotopic (exact) mass is 273 g/mol. The van der Waals surface area contributed by atoms with Crippen LogP contribution in [0.1, 0.15) is 25.3 Å². The zero-order valence-corrected chi connectivity index (χ0v) is 11.4. The van der Waals surface area contributed by atoms with Crippen LogP contribution in [0.4, 0.5) is 0 Å². The number of halogens is 2. The van der Waals surface area contributed by atoms with Crippen LogP contribution in [0.25, 0.3) is 0 Å². The Morgan fingerprint density at radius 1 is 1.29 bits per heavy atom. The van der Waals surface area contributed by atoms with Crippen LogP contribution < -0.4 is 5.32 Å². The first-order valence-electron chi connectivity index (χ1n) is 5.86. The fourth-order valence-electron chi connectivity index (χ4n) is 1.99. The summed E-state index contributed by atoms with van der Waals surface area (Å²) in [6, 6.07) is 5.57. The summed E-state index contributed by atoms with van der Waals surface area (Å²) in [5.41, 5.74) is 1.19. The third kappa shape index (κ3) is 3.59. The molecule has 2 rings (SSSR count). The highest BCUT2D eigenvalue weighted by molar-refractivity contribution is 6.33. The number of rotatable bonds is 3. The molecule has 1 aliphatic heterocycles. The molecule has 2 nitrogen and oxygen atoms in total. The van der Waals surface area contributed by atoms with E-state index in [1.165, 1.54) is 0 Å². The molecule has 1 aromatic carbocycles. The van der Waals surface area contributed by atoms with Crippen molar-refractivity contribution in [1.82, 2.24) is 5.32 Å². The van der Waals surface area contributed by atoms with Gasteiger partial charge in [0.1, 0.15) is 0 Å². The van der Waals surface area contributed by atoms with Crippen molar-refractivity contribution in [3.63, 3.8) is 0 Å². The van der Waals surface area contributed by atoms with Crippen LogP contribution in [0.15, 0.2) is 18.2 Å². The predicted molar refractivity (Wildman–Crippen MR) is 71.8 cm³/mol. The van der Waals surface area contributed by atoms with Crippen LogP contribution in [0.5, 0.6) is 0 Å². The van der Waals surface area contributed by atoms with Gasteiger partial charge in [0.2, 0.25) is 0 Å². The van der Waals surface area contributed by atoms with Gasteiger partial charge in [-0.1, -0.05) is 23.2 Å². The molecule has 1 fully saturated rings. The van der Waals surface area contributed by atoms with Gasteiger partial charge in [-0.3, -0.25) is 0 Å². The molecule has 1 aromatic rings. The lowest BCUT2D eigenvalue weighted by molar-refractivity contribution is 0.0446. The maximum absolute atomic E-state index is 6.14. The summed E-state index contributed by atoms with van der Waals surface area (Å²) in [7, 11) is 0. The van der Waals surface area contributed by atoms with Crippen molar-refractivity contribution in [1.29, 1.82) is 0 Å². The molecule has 0 radical (unpaired) electrons. The zero-order valence-electron chi connectivity index (χ0n) is 9.93. The molecule has 1 aliphatic rings. The highest BCUT2D eigenvalue weighted by Gasteiger charge is 2.26. The summed E-state index contributed by atoms with van der Waals surface area (Å²) >= 11 is 12.1. The second kappa shape index (κ2) is 5.57. The second-order valence-electron chi connectivity index (χ2n) is 4.76. The van der Waals surface area contributed by atoms with Crippen molar-refractivity contribution in [3.8, 4) is 0 Å². The summed E-state index contributed by atoms with van der Waals surface area (Å²) in [4.78, 5) is 0. The molecule has 1 saturated heterocycles. The van der Waals surface area contributed by atoms with E-state index in [4.69, 9.17) is 27.9 Å². The van der Waals surface area contributed by atoms with E-state index in [9.17, 15) is 0 Å². The predicted octanol–water partition coefficient (Wildman–Crippen LogP) is 3.65. The van der Waals surface area contributed by atoms with E-state index in [-0.39, 0.29) is 5.54 Å². The Morgan fingerprint density at radius 2 is 2.00 bits per heavy atom. The van der Waals surface area contributed by atoms with E-state index in [2.05, 4.69) is 12.2 Å². The van der Waals surface area contributed by atoms with Crippen LogP contribution in [0.2, 0.25) is 10.0 Å². The van der Waals surface area contributed by atoms with Crippen LogP contribution in [0.3, 0.4) is 0 Å². The van der Waals surface area contributed by atoms with Gasteiger partial charge in [-0.2, -0.15) is 0 Å². The van der Waals surface area contributed by atoms with Gasteiger partial charge in [-0.05, 0) is 43.5 Å². The van der Waals surface area contributed by atoms with Gasteiger partial charge in [0, 0.05) is 35.3 Å². The zero-order chi connectivity index (χ0) is 12.3. The molecule has 0 spiro atoms. The van der Waals surface area contributed by atoms with E-state index in [1.807, 2.05) is 18.2 Å². The number of hydrogen-bond donors (Lipinski definition) is 1. The lowest BCUT2D eigenvalue weighted by atomic mass is 9.92. The molecule has 94 valence electrons. The highest BCUT2D eigenvalue weighted by atomic mass is 35.5. The largest absolute Gasteiger partial charge is 0.381 e. The van der Waals surface area contributed by atoms with E-state index in [1.54, 1.807) is 0 Å². The maximum Gasteiger partial charge on any atom is 0.0483 e. The van der Waals surface area contributed by atoms with Crippen molar-refractivity contribution < 1.29 is 4.74 Å². The van der Waals surface area contributed by atoms with Crippen molar-refractivity contribution >= 4 is 23.2 Å². The third-order valence-corrected chi connectivity index (χ3v) is 3.91. The van der Waals surface area contributed by atoms with Gasteiger partial charge < -0.3 is 10.1 Å². The minimum absolute atomic E-state index is 0.143. The quantitative estimate of drug-likeness (QED) is 0.908. The third-order valence-electron chi connectivity index (χ3n) is 3.31. The number of benzene rings is 1. The van der Waals surface area contributed by atoms with Crippen molar-refractivity contribution in [2.24, 2.45) is 0 Å². The molecular weight excluding hydrogens is 257 g/mol. The lowest BCUT2D eigenvalue weighted by Gasteiger charge is -2.34. The summed E-state index contributed by atoms with van der Waals surface area (Å²) in [6.45, 7) is 4.63. The Labute approximate surface area is 112 Å². The van der Waals surface area contributed by atoms with Crippen LogP contribution in [-0.4, -0.2) is 18.8 Å². The minimum Gasteiger partial charge on any atom is -0.381 e. The van der Waals surface area contributed by atoms with Gasteiger partial charge in [0.25, 0.3) is 0 Å². The normalized spacial score (nSPS) is 19.2. The fourth-order valence-corrected chi connectivity index (χ4v) is 2.37. The standard InChI is InChI=1S/C13H17Cl2NO/c1-13(4-6-17-7-5-13)16-9-10-8-11(14)2-3-12(10)15/h2-3,8,16H,4-7,9H2,1H3. The van der Waals surface area contributed by atoms with E-state index in [0.717, 1.165) is 48.2 Å². The van der Waals surface area contributed by atoms with E-state index >= 15 is 0 Å². The molecule has 4 heteroatoms. The first-order chi connectivity index (χ1) is 8.09. The van der Waals surface area contributed by atoms with Gasteiger partial charge in [0.05, 0.1) is 0 Å². The Bertz CT molecular complexity index is 389. The first kappa shape index (κ1) is 13.2. The molecule has 0 unspecified atom stereocenters.